The molecule has 0 saturated heterocycles. The van der Waals surface area contributed by atoms with Gasteiger partial charge in [-0.2, -0.15) is 0 Å². The molecular weight excluding hydrogens is 250 g/mol. The number of methoxy groups -OCH3 is 1. The molecule has 0 heterocycles. The Kier molecular flexibility index (Phi) is 6.02. The van der Waals surface area contributed by atoms with Crippen LogP contribution in [0.25, 0.3) is 0 Å². The number of aliphatic imine (C=N–C) groups is 1. The molecule has 4 heteroatoms. The third kappa shape index (κ3) is 5.21. The van der Waals surface area contributed by atoms with Gasteiger partial charge in [-0.3, -0.25) is 4.99 Å². The molecule has 0 radical (unpaired) electrons. The van der Waals surface area contributed by atoms with Crippen LogP contribution >= 0.6 is 0 Å². The zero-order valence-corrected chi connectivity index (χ0v) is 13.2. The van der Waals surface area contributed by atoms with E-state index in [9.17, 15) is 0 Å². The number of aryl methyl sites for hydroxylation is 1. The van der Waals surface area contributed by atoms with Gasteiger partial charge in [-0.15, -0.1) is 0 Å². The van der Waals surface area contributed by atoms with Crippen molar-refractivity contribution >= 4 is 5.96 Å². The Morgan fingerprint density at radius 2 is 1.95 bits per heavy atom. The number of hydrogen-bond acceptors (Lipinski definition) is 2. The minimum absolute atomic E-state index is 0.0372. The van der Waals surface area contributed by atoms with Gasteiger partial charge < -0.3 is 15.8 Å². The molecule has 4 nitrogen and oxygen atoms in total. The van der Waals surface area contributed by atoms with E-state index >= 15 is 0 Å². The molecule has 1 rings (SSSR count). The van der Waals surface area contributed by atoms with Crippen molar-refractivity contribution in [2.75, 3.05) is 20.3 Å². The maximum absolute atomic E-state index is 5.90. The summed E-state index contributed by atoms with van der Waals surface area (Å²) in [6.07, 6.45) is 0. The molecule has 0 spiro atoms. The van der Waals surface area contributed by atoms with Crippen molar-refractivity contribution in [1.29, 1.82) is 0 Å². The highest BCUT2D eigenvalue weighted by atomic mass is 16.5. The van der Waals surface area contributed by atoms with Gasteiger partial charge in [0, 0.05) is 18.6 Å². The summed E-state index contributed by atoms with van der Waals surface area (Å²) in [5.74, 6) is 0.467. The van der Waals surface area contributed by atoms with Crippen LogP contribution in [0.4, 0.5) is 0 Å². The van der Waals surface area contributed by atoms with Gasteiger partial charge in [0.05, 0.1) is 13.2 Å². The summed E-state index contributed by atoms with van der Waals surface area (Å²) >= 11 is 0. The summed E-state index contributed by atoms with van der Waals surface area (Å²) in [4.78, 5) is 4.44. The van der Waals surface area contributed by atoms with E-state index in [0.717, 1.165) is 0 Å². The first-order chi connectivity index (χ1) is 9.35. The minimum atomic E-state index is -0.0372. The molecule has 0 saturated carbocycles. The summed E-state index contributed by atoms with van der Waals surface area (Å²) in [6, 6.07) is 8.72. The lowest BCUT2D eigenvalue weighted by Crippen LogP contribution is -2.41. The summed E-state index contributed by atoms with van der Waals surface area (Å²) < 4.78 is 5.06. The van der Waals surface area contributed by atoms with Crippen LogP contribution in [0.1, 0.15) is 31.9 Å². The summed E-state index contributed by atoms with van der Waals surface area (Å²) in [7, 11) is 1.67. The molecule has 112 valence electrons. The van der Waals surface area contributed by atoms with Crippen LogP contribution in [0.5, 0.6) is 0 Å². The normalized spacial score (nSPS) is 14.2. The molecule has 0 amide bonds. The van der Waals surface area contributed by atoms with E-state index in [-0.39, 0.29) is 11.5 Å². The van der Waals surface area contributed by atoms with Gasteiger partial charge in [-0.1, -0.05) is 43.7 Å². The van der Waals surface area contributed by atoms with Gasteiger partial charge in [0.2, 0.25) is 0 Å². The van der Waals surface area contributed by atoms with E-state index in [1.165, 1.54) is 11.1 Å². The average Bonchev–Trinajstić information content (AvgIpc) is 2.37. The molecule has 0 aromatic heterocycles. The van der Waals surface area contributed by atoms with E-state index in [0.29, 0.717) is 19.1 Å². The number of ether oxygens (including phenoxy) is 1. The molecule has 0 fully saturated rings. The van der Waals surface area contributed by atoms with E-state index in [2.05, 4.69) is 55.3 Å². The second kappa shape index (κ2) is 7.29. The Labute approximate surface area is 122 Å². The highest BCUT2D eigenvalue weighted by molar-refractivity contribution is 5.78. The van der Waals surface area contributed by atoms with Crippen molar-refractivity contribution in [2.24, 2.45) is 10.7 Å². The topological polar surface area (TPSA) is 59.6 Å². The molecule has 0 aliphatic rings. The van der Waals surface area contributed by atoms with Gasteiger partial charge in [0.25, 0.3) is 0 Å². The van der Waals surface area contributed by atoms with E-state index in [1.807, 2.05) is 6.92 Å². The van der Waals surface area contributed by atoms with Crippen molar-refractivity contribution in [3.63, 3.8) is 0 Å². The molecule has 1 unspecified atom stereocenters. The quantitative estimate of drug-likeness (QED) is 0.619. The van der Waals surface area contributed by atoms with Crippen LogP contribution in [0, 0.1) is 6.92 Å². The van der Waals surface area contributed by atoms with Gasteiger partial charge >= 0.3 is 0 Å². The Hall–Kier alpha value is -1.55. The molecule has 0 aliphatic carbocycles. The molecular formula is C16H27N3O. The lowest BCUT2D eigenvalue weighted by atomic mass is 9.84. The Morgan fingerprint density at radius 1 is 1.35 bits per heavy atom. The lowest BCUT2D eigenvalue weighted by Gasteiger charge is -2.24. The maximum atomic E-state index is 5.90. The standard InChI is InChI=1S/C16H27N3O/c1-12-6-8-14(9-7-12)16(3,4)11-18-15(17)19-13(2)10-20-5/h6-9,13H,10-11H2,1-5H3,(H3,17,18,19). The molecule has 20 heavy (non-hydrogen) atoms. The summed E-state index contributed by atoms with van der Waals surface area (Å²) in [5.41, 5.74) is 8.39. The average molecular weight is 277 g/mol. The summed E-state index contributed by atoms with van der Waals surface area (Å²) in [5, 5.41) is 3.12. The van der Waals surface area contributed by atoms with E-state index < -0.39 is 0 Å². The van der Waals surface area contributed by atoms with Crippen molar-refractivity contribution in [3.05, 3.63) is 35.4 Å². The van der Waals surface area contributed by atoms with Crippen molar-refractivity contribution < 1.29 is 4.74 Å². The second-order valence-corrected chi connectivity index (χ2v) is 5.95. The number of nitrogens with one attached hydrogen (secondary N) is 1. The summed E-state index contributed by atoms with van der Waals surface area (Å²) in [6.45, 7) is 9.71. The fraction of sp³-hybridized carbons (Fsp3) is 0.562. The predicted molar refractivity (Wildman–Crippen MR) is 85.2 cm³/mol. The lowest BCUT2D eigenvalue weighted by molar-refractivity contribution is 0.179. The molecule has 1 aromatic rings. The van der Waals surface area contributed by atoms with Crippen LogP contribution in [0.2, 0.25) is 0 Å². The predicted octanol–water partition coefficient (Wildman–Crippen LogP) is 2.21. The third-order valence-electron chi connectivity index (χ3n) is 3.29. The SMILES string of the molecule is COCC(C)NC(N)=NCC(C)(C)c1ccc(C)cc1. The zero-order chi connectivity index (χ0) is 15.2. The van der Waals surface area contributed by atoms with Gasteiger partial charge in [0.15, 0.2) is 5.96 Å². The van der Waals surface area contributed by atoms with Crippen LogP contribution in [-0.2, 0) is 10.2 Å². The Bertz CT molecular complexity index is 438. The van der Waals surface area contributed by atoms with Crippen LogP contribution in [0.15, 0.2) is 29.3 Å². The molecule has 3 N–H and O–H groups in total. The van der Waals surface area contributed by atoms with Crippen LogP contribution in [0.3, 0.4) is 0 Å². The Morgan fingerprint density at radius 3 is 2.50 bits per heavy atom. The number of nitrogens with zero attached hydrogens (tertiary/aromatic N) is 1. The fourth-order valence-corrected chi connectivity index (χ4v) is 1.97. The number of nitrogens with two attached hydrogens (primary N) is 1. The minimum Gasteiger partial charge on any atom is -0.383 e. The van der Waals surface area contributed by atoms with Crippen molar-refractivity contribution in [1.82, 2.24) is 5.32 Å². The van der Waals surface area contributed by atoms with Crippen LogP contribution < -0.4 is 11.1 Å². The first kappa shape index (κ1) is 16.5. The first-order valence-electron chi connectivity index (χ1n) is 6.97. The third-order valence-corrected chi connectivity index (χ3v) is 3.29. The first-order valence-corrected chi connectivity index (χ1v) is 6.97. The number of benzene rings is 1. The zero-order valence-electron chi connectivity index (χ0n) is 13.2. The molecule has 1 aromatic carbocycles. The Balaban J connectivity index is 2.64. The molecule has 0 aliphatic heterocycles. The highest BCUT2D eigenvalue weighted by Gasteiger charge is 2.20. The number of rotatable bonds is 6. The van der Waals surface area contributed by atoms with Crippen molar-refractivity contribution in [3.8, 4) is 0 Å². The largest absolute Gasteiger partial charge is 0.383 e. The molecule has 0 bridgehead atoms. The van der Waals surface area contributed by atoms with Gasteiger partial charge in [0.1, 0.15) is 0 Å². The van der Waals surface area contributed by atoms with Gasteiger partial charge in [-0.25, -0.2) is 0 Å². The molecule has 1 atom stereocenters. The number of guanidine groups is 1. The highest BCUT2D eigenvalue weighted by Crippen LogP contribution is 2.23. The van der Waals surface area contributed by atoms with Crippen molar-refractivity contribution in [2.45, 2.75) is 39.2 Å². The monoisotopic (exact) mass is 277 g/mol. The van der Waals surface area contributed by atoms with Crippen LogP contribution in [-0.4, -0.2) is 32.3 Å². The maximum Gasteiger partial charge on any atom is 0.188 e. The fourth-order valence-electron chi connectivity index (χ4n) is 1.97. The van der Waals surface area contributed by atoms with Gasteiger partial charge in [-0.05, 0) is 19.4 Å². The van der Waals surface area contributed by atoms with E-state index in [4.69, 9.17) is 10.5 Å². The van der Waals surface area contributed by atoms with E-state index in [1.54, 1.807) is 7.11 Å². The number of hydrogen-bond donors (Lipinski definition) is 2. The smallest absolute Gasteiger partial charge is 0.188 e. The second-order valence-electron chi connectivity index (χ2n) is 5.95.